The maximum absolute atomic E-state index is 11.5. The van der Waals surface area contributed by atoms with Gasteiger partial charge in [-0.1, -0.05) is 0 Å². The van der Waals surface area contributed by atoms with Gasteiger partial charge in [0.15, 0.2) is 0 Å². The van der Waals surface area contributed by atoms with Gasteiger partial charge in [-0.25, -0.2) is 4.79 Å². The van der Waals surface area contributed by atoms with Gasteiger partial charge in [0, 0.05) is 18.4 Å². The molecule has 0 bridgehead atoms. The van der Waals surface area contributed by atoms with E-state index in [0.29, 0.717) is 16.9 Å². The summed E-state index contributed by atoms with van der Waals surface area (Å²) < 4.78 is 4.70. The summed E-state index contributed by atoms with van der Waals surface area (Å²) in [7, 11) is 1.35. The van der Waals surface area contributed by atoms with Crippen LogP contribution in [0.2, 0.25) is 0 Å². The molecule has 104 valence electrons. The van der Waals surface area contributed by atoms with Crippen molar-refractivity contribution in [1.29, 1.82) is 0 Å². The van der Waals surface area contributed by atoms with Crippen LogP contribution in [0.15, 0.2) is 42.7 Å². The van der Waals surface area contributed by atoms with Crippen LogP contribution < -0.4 is 11.1 Å². The molecule has 0 fully saturated rings. The summed E-state index contributed by atoms with van der Waals surface area (Å²) in [5.41, 5.74) is 8.77. The summed E-state index contributed by atoms with van der Waals surface area (Å²) in [5.74, 6) is -0.385. The van der Waals surface area contributed by atoms with Crippen LogP contribution in [0.25, 0.3) is 0 Å². The second-order valence-corrected chi connectivity index (χ2v) is 4.44. The van der Waals surface area contributed by atoms with Crippen LogP contribution in [-0.4, -0.2) is 18.1 Å². The van der Waals surface area contributed by atoms with E-state index >= 15 is 0 Å². The number of esters is 1. The highest BCUT2D eigenvalue weighted by Gasteiger charge is 2.11. The van der Waals surface area contributed by atoms with Crippen molar-refractivity contribution in [2.45, 2.75) is 13.0 Å². The summed E-state index contributed by atoms with van der Waals surface area (Å²) in [6.45, 7) is 2.01. The van der Waals surface area contributed by atoms with Crippen molar-refractivity contribution in [1.82, 2.24) is 4.98 Å². The molecule has 2 aromatic rings. The van der Waals surface area contributed by atoms with Crippen LogP contribution in [0.5, 0.6) is 0 Å². The summed E-state index contributed by atoms with van der Waals surface area (Å²) in [6, 6.07) is 8.93. The molecule has 1 atom stereocenters. The van der Waals surface area contributed by atoms with E-state index in [2.05, 4.69) is 10.3 Å². The minimum Gasteiger partial charge on any atom is -0.465 e. The van der Waals surface area contributed by atoms with Crippen molar-refractivity contribution in [3.63, 3.8) is 0 Å². The first-order chi connectivity index (χ1) is 9.61. The molecule has 0 aliphatic carbocycles. The lowest BCUT2D eigenvalue weighted by Crippen LogP contribution is -2.10. The van der Waals surface area contributed by atoms with Gasteiger partial charge in [0.1, 0.15) is 0 Å². The second kappa shape index (κ2) is 6.06. The van der Waals surface area contributed by atoms with Crippen molar-refractivity contribution >= 4 is 17.3 Å². The Morgan fingerprint density at radius 1 is 1.30 bits per heavy atom. The molecule has 3 N–H and O–H groups in total. The number of carbonyl (C=O) groups excluding carboxylic acids is 1. The number of benzene rings is 1. The Hall–Kier alpha value is -2.56. The lowest BCUT2D eigenvalue weighted by atomic mass is 10.1. The third-order valence-electron chi connectivity index (χ3n) is 3.05. The molecule has 1 unspecified atom stereocenters. The summed E-state index contributed by atoms with van der Waals surface area (Å²) in [6.07, 6.45) is 3.48. The fourth-order valence-electron chi connectivity index (χ4n) is 1.89. The average molecular weight is 271 g/mol. The minimum absolute atomic E-state index is 0.0493. The Balaban J connectivity index is 2.22. The third kappa shape index (κ3) is 3.06. The van der Waals surface area contributed by atoms with Crippen molar-refractivity contribution in [3.8, 4) is 0 Å². The van der Waals surface area contributed by atoms with Crippen LogP contribution in [0.4, 0.5) is 11.4 Å². The lowest BCUT2D eigenvalue weighted by molar-refractivity contribution is 0.0601. The number of carbonyl (C=O) groups is 1. The molecule has 5 heteroatoms. The zero-order valence-corrected chi connectivity index (χ0v) is 11.5. The second-order valence-electron chi connectivity index (χ2n) is 4.44. The number of nitrogens with zero attached hydrogens (tertiary/aromatic N) is 1. The van der Waals surface area contributed by atoms with Crippen molar-refractivity contribution in [3.05, 3.63) is 53.9 Å². The van der Waals surface area contributed by atoms with Crippen LogP contribution >= 0.6 is 0 Å². The summed E-state index contributed by atoms with van der Waals surface area (Å²) in [4.78, 5) is 15.5. The van der Waals surface area contributed by atoms with Gasteiger partial charge >= 0.3 is 5.97 Å². The summed E-state index contributed by atoms with van der Waals surface area (Å²) in [5, 5.41) is 3.29. The van der Waals surface area contributed by atoms with Crippen LogP contribution in [-0.2, 0) is 4.74 Å². The van der Waals surface area contributed by atoms with Crippen molar-refractivity contribution < 1.29 is 9.53 Å². The molecule has 5 nitrogen and oxygen atoms in total. The van der Waals surface area contributed by atoms with E-state index in [1.807, 2.05) is 19.1 Å². The highest BCUT2D eigenvalue weighted by atomic mass is 16.5. The van der Waals surface area contributed by atoms with Crippen molar-refractivity contribution in [2.75, 3.05) is 18.2 Å². The van der Waals surface area contributed by atoms with E-state index in [1.54, 1.807) is 30.6 Å². The molecule has 0 aliphatic heterocycles. The van der Waals surface area contributed by atoms with E-state index in [1.165, 1.54) is 7.11 Å². The Labute approximate surface area is 117 Å². The molecule has 0 radical (unpaired) electrons. The number of ether oxygens (including phenoxy) is 1. The molecule has 0 saturated carbocycles. The number of nitrogens with two attached hydrogens (primary N) is 1. The topological polar surface area (TPSA) is 77.2 Å². The quantitative estimate of drug-likeness (QED) is 0.660. The van der Waals surface area contributed by atoms with Crippen LogP contribution in [0.1, 0.15) is 28.9 Å². The third-order valence-corrected chi connectivity index (χ3v) is 3.05. The number of hydrogen-bond acceptors (Lipinski definition) is 5. The largest absolute Gasteiger partial charge is 0.465 e. The first-order valence-corrected chi connectivity index (χ1v) is 6.26. The van der Waals surface area contributed by atoms with Gasteiger partial charge in [-0.2, -0.15) is 0 Å². The fraction of sp³-hybridized carbons (Fsp3) is 0.200. The van der Waals surface area contributed by atoms with Gasteiger partial charge in [0.05, 0.1) is 24.0 Å². The Bertz CT molecular complexity index is 599. The molecule has 0 aliphatic rings. The van der Waals surface area contributed by atoms with E-state index in [-0.39, 0.29) is 12.0 Å². The van der Waals surface area contributed by atoms with Crippen LogP contribution in [0.3, 0.4) is 0 Å². The van der Waals surface area contributed by atoms with Gasteiger partial charge in [-0.05, 0) is 42.8 Å². The predicted molar refractivity (Wildman–Crippen MR) is 78.5 cm³/mol. The van der Waals surface area contributed by atoms with Crippen LogP contribution in [0, 0.1) is 0 Å². The molecule has 20 heavy (non-hydrogen) atoms. The van der Waals surface area contributed by atoms with Gasteiger partial charge < -0.3 is 15.8 Å². The van der Waals surface area contributed by atoms with Gasteiger partial charge in [-0.15, -0.1) is 0 Å². The van der Waals surface area contributed by atoms with Gasteiger partial charge in [0.25, 0.3) is 0 Å². The normalized spacial score (nSPS) is 11.7. The minimum atomic E-state index is -0.385. The summed E-state index contributed by atoms with van der Waals surface area (Å²) >= 11 is 0. The van der Waals surface area contributed by atoms with E-state index in [9.17, 15) is 4.79 Å². The number of hydrogen-bond donors (Lipinski definition) is 2. The highest BCUT2D eigenvalue weighted by Crippen LogP contribution is 2.25. The number of pyridine rings is 1. The Morgan fingerprint density at radius 2 is 2.00 bits per heavy atom. The molecule has 0 amide bonds. The number of anilines is 2. The van der Waals surface area contributed by atoms with E-state index in [4.69, 9.17) is 10.5 Å². The molecule has 1 aromatic heterocycles. The maximum Gasteiger partial charge on any atom is 0.337 e. The van der Waals surface area contributed by atoms with E-state index in [0.717, 1.165) is 5.56 Å². The molecular formula is C15H17N3O2. The monoisotopic (exact) mass is 271 g/mol. The predicted octanol–water partition coefficient (Wildman–Crippen LogP) is 2.62. The first-order valence-electron chi connectivity index (χ1n) is 6.26. The smallest absolute Gasteiger partial charge is 0.337 e. The molecule has 2 rings (SSSR count). The van der Waals surface area contributed by atoms with Gasteiger partial charge in [0.2, 0.25) is 0 Å². The van der Waals surface area contributed by atoms with Gasteiger partial charge in [-0.3, -0.25) is 4.98 Å². The zero-order valence-electron chi connectivity index (χ0n) is 11.5. The molecule has 0 spiro atoms. The average Bonchev–Trinajstić information content (AvgIpc) is 2.49. The zero-order chi connectivity index (χ0) is 14.5. The Morgan fingerprint density at radius 3 is 2.65 bits per heavy atom. The Kier molecular flexibility index (Phi) is 4.20. The van der Waals surface area contributed by atoms with Crippen molar-refractivity contribution in [2.24, 2.45) is 0 Å². The lowest BCUT2D eigenvalue weighted by Gasteiger charge is -2.17. The molecule has 1 heterocycles. The fourth-order valence-corrected chi connectivity index (χ4v) is 1.89. The number of nitrogen functional groups attached to an aromatic ring is 1. The first kappa shape index (κ1) is 13.9. The molecular weight excluding hydrogens is 254 g/mol. The molecule has 1 aromatic carbocycles. The standard InChI is InChI=1S/C15H17N3O2/c1-10(11-5-7-17-8-6-11)18-14-9-12(15(19)20-2)3-4-13(14)16/h3-10,18H,16H2,1-2H3. The number of methoxy groups -OCH3 is 1. The SMILES string of the molecule is COC(=O)c1ccc(N)c(NC(C)c2ccncc2)c1. The maximum atomic E-state index is 11.5. The molecule has 0 saturated heterocycles. The van der Waals surface area contributed by atoms with E-state index < -0.39 is 0 Å². The number of rotatable bonds is 4. The highest BCUT2D eigenvalue weighted by molar-refractivity contribution is 5.92. The number of nitrogens with one attached hydrogen (secondary N) is 1. The number of aromatic nitrogens is 1.